The molecule has 0 saturated heterocycles. The highest BCUT2D eigenvalue weighted by Crippen LogP contribution is 2.21. The van der Waals surface area contributed by atoms with Gasteiger partial charge in [-0.15, -0.1) is 0 Å². The van der Waals surface area contributed by atoms with Crippen LogP contribution in [0.1, 0.15) is 17.1 Å². The summed E-state index contributed by atoms with van der Waals surface area (Å²) in [4.78, 5) is 11.8. The summed E-state index contributed by atoms with van der Waals surface area (Å²) in [6, 6.07) is 7.71. The monoisotopic (exact) mass is 258 g/mol. The lowest BCUT2D eigenvalue weighted by Gasteiger charge is -2.01. The molecule has 90 valence electrons. The molecule has 4 nitrogen and oxygen atoms in total. The van der Waals surface area contributed by atoms with Crippen LogP contribution in [-0.4, -0.2) is 21.9 Å². The molecular formula is C13H11ClN4. The van der Waals surface area contributed by atoms with Gasteiger partial charge in [0.05, 0.1) is 17.6 Å². The van der Waals surface area contributed by atoms with Crippen LogP contribution in [0.2, 0.25) is 5.02 Å². The Hall–Kier alpha value is -1.94. The molecule has 18 heavy (non-hydrogen) atoms. The fraction of sp³-hybridized carbons (Fsp3) is 0.154. The van der Waals surface area contributed by atoms with Crippen molar-refractivity contribution in [2.75, 3.05) is 0 Å². The number of benzene rings is 1. The second kappa shape index (κ2) is 4.38. The van der Waals surface area contributed by atoms with Crippen molar-refractivity contribution in [2.45, 2.75) is 12.8 Å². The van der Waals surface area contributed by atoms with Gasteiger partial charge < -0.3 is 10.4 Å². The van der Waals surface area contributed by atoms with E-state index in [4.69, 9.17) is 17.0 Å². The van der Waals surface area contributed by atoms with Crippen LogP contribution in [0, 0.1) is 5.41 Å². The third-order valence-corrected chi connectivity index (χ3v) is 3.01. The van der Waals surface area contributed by atoms with Gasteiger partial charge in [0.15, 0.2) is 5.82 Å². The summed E-state index contributed by atoms with van der Waals surface area (Å²) < 4.78 is 0. The molecule has 0 amide bonds. The first-order chi connectivity index (χ1) is 8.70. The molecule has 5 heteroatoms. The molecule has 2 aromatic rings. The highest BCUT2D eigenvalue weighted by atomic mass is 35.5. The van der Waals surface area contributed by atoms with Gasteiger partial charge in [-0.2, -0.15) is 0 Å². The van der Waals surface area contributed by atoms with E-state index in [1.807, 2.05) is 24.3 Å². The Morgan fingerprint density at radius 3 is 3.11 bits per heavy atom. The zero-order chi connectivity index (χ0) is 12.5. The first-order valence-corrected chi connectivity index (χ1v) is 6.02. The molecule has 0 unspecified atom stereocenters. The van der Waals surface area contributed by atoms with Crippen LogP contribution in [0.4, 0.5) is 5.82 Å². The second-order valence-electron chi connectivity index (χ2n) is 4.25. The average molecular weight is 259 g/mol. The molecule has 0 aliphatic carbocycles. The van der Waals surface area contributed by atoms with Gasteiger partial charge in [-0.3, -0.25) is 0 Å². The number of aromatic nitrogens is 2. The minimum atomic E-state index is 0.500. The Kier molecular flexibility index (Phi) is 2.72. The van der Waals surface area contributed by atoms with Crippen molar-refractivity contribution >= 4 is 29.3 Å². The van der Waals surface area contributed by atoms with Gasteiger partial charge in [-0.1, -0.05) is 23.7 Å². The lowest BCUT2D eigenvalue weighted by molar-refractivity contribution is 1.01. The Labute approximate surface area is 109 Å². The van der Waals surface area contributed by atoms with Crippen LogP contribution < -0.4 is 0 Å². The second-order valence-corrected chi connectivity index (χ2v) is 4.69. The van der Waals surface area contributed by atoms with E-state index in [0.717, 1.165) is 22.1 Å². The van der Waals surface area contributed by atoms with Crippen molar-refractivity contribution < 1.29 is 0 Å². The molecule has 0 saturated carbocycles. The summed E-state index contributed by atoms with van der Waals surface area (Å²) in [5.74, 6) is 1.55. The summed E-state index contributed by atoms with van der Waals surface area (Å²) in [5.41, 5.74) is 2.52. The first kappa shape index (κ1) is 11.2. The number of nitrogens with zero attached hydrogens (tertiary/aromatic N) is 2. The van der Waals surface area contributed by atoms with Crippen LogP contribution in [0.25, 0.3) is 0 Å². The van der Waals surface area contributed by atoms with E-state index in [1.165, 1.54) is 0 Å². The average Bonchev–Trinajstić information content (AvgIpc) is 2.70. The predicted octanol–water partition coefficient (Wildman–Crippen LogP) is 2.93. The number of aliphatic imine (C=N–C) groups is 1. The number of imidazole rings is 1. The number of fused-ring (bicyclic) bond motifs is 1. The smallest absolute Gasteiger partial charge is 0.173 e. The quantitative estimate of drug-likeness (QED) is 0.855. The maximum absolute atomic E-state index is 7.56. The lowest BCUT2D eigenvalue weighted by atomic mass is 10.1. The highest BCUT2D eigenvalue weighted by Gasteiger charge is 2.14. The molecular weight excluding hydrogens is 248 g/mol. The zero-order valence-electron chi connectivity index (χ0n) is 9.57. The number of nitrogens with one attached hydrogen (secondary N) is 2. The van der Waals surface area contributed by atoms with Crippen molar-refractivity contribution in [1.29, 1.82) is 5.41 Å². The number of rotatable bonds is 2. The Balaban J connectivity index is 1.87. The van der Waals surface area contributed by atoms with Crippen LogP contribution in [-0.2, 0) is 12.8 Å². The number of halogens is 1. The Morgan fingerprint density at radius 2 is 2.28 bits per heavy atom. The number of hydrogen-bond acceptors (Lipinski definition) is 3. The van der Waals surface area contributed by atoms with E-state index >= 15 is 0 Å². The van der Waals surface area contributed by atoms with E-state index in [0.29, 0.717) is 24.4 Å². The maximum atomic E-state index is 7.56. The molecule has 0 radical (unpaired) electrons. The topological polar surface area (TPSA) is 64.9 Å². The normalized spacial score (nSPS) is 13.7. The molecule has 0 spiro atoms. The molecule has 0 fully saturated rings. The van der Waals surface area contributed by atoms with E-state index in [-0.39, 0.29) is 0 Å². The molecule has 3 rings (SSSR count). The van der Waals surface area contributed by atoms with E-state index in [9.17, 15) is 0 Å². The summed E-state index contributed by atoms with van der Waals surface area (Å²) in [6.45, 7) is 0. The minimum absolute atomic E-state index is 0.500. The van der Waals surface area contributed by atoms with Gasteiger partial charge in [0.2, 0.25) is 0 Å². The molecule has 1 aromatic heterocycles. The van der Waals surface area contributed by atoms with Crippen molar-refractivity contribution in [3.05, 3.63) is 46.4 Å². The van der Waals surface area contributed by atoms with Crippen LogP contribution in [0.5, 0.6) is 0 Å². The van der Waals surface area contributed by atoms with Gasteiger partial charge in [-0.05, 0) is 17.7 Å². The van der Waals surface area contributed by atoms with Gasteiger partial charge >= 0.3 is 0 Å². The van der Waals surface area contributed by atoms with E-state index < -0.39 is 0 Å². The summed E-state index contributed by atoms with van der Waals surface area (Å²) >= 11 is 5.95. The molecule has 1 aliphatic rings. The molecule has 1 aliphatic heterocycles. The third kappa shape index (κ3) is 2.19. The Bertz CT molecular complexity index is 642. The van der Waals surface area contributed by atoms with E-state index in [2.05, 4.69) is 15.0 Å². The number of hydrogen-bond donors (Lipinski definition) is 2. The summed E-state index contributed by atoms with van der Waals surface area (Å²) in [6.07, 6.45) is 2.81. The fourth-order valence-corrected chi connectivity index (χ4v) is 2.20. The van der Waals surface area contributed by atoms with Crippen molar-refractivity contribution in [2.24, 2.45) is 4.99 Å². The first-order valence-electron chi connectivity index (χ1n) is 5.64. The SMILES string of the molecule is N=C1C=Nc2nc(Cc3cccc(Cl)c3)[nH]c2C1. The standard InChI is InChI=1S/C13H11ClN4/c14-9-3-1-2-8(4-9)5-12-17-11-6-10(15)7-16-13(11)18-12/h1-4,7,15H,5-6H2,(H,17,18). The third-order valence-electron chi connectivity index (χ3n) is 2.78. The van der Waals surface area contributed by atoms with Gasteiger partial charge in [0.25, 0.3) is 0 Å². The van der Waals surface area contributed by atoms with E-state index in [1.54, 1.807) is 6.21 Å². The van der Waals surface area contributed by atoms with Gasteiger partial charge in [-0.25, -0.2) is 9.98 Å². The lowest BCUT2D eigenvalue weighted by Crippen LogP contribution is -2.07. The molecule has 2 N–H and O–H groups in total. The van der Waals surface area contributed by atoms with Crippen LogP contribution in [0.3, 0.4) is 0 Å². The fourth-order valence-electron chi connectivity index (χ4n) is 1.98. The highest BCUT2D eigenvalue weighted by molar-refractivity contribution is 6.31. The molecule has 0 atom stereocenters. The van der Waals surface area contributed by atoms with Crippen molar-refractivity contribution in [3.63, 3.8) is 0 Å². The number of H-pyrrole nitrogens is 1. The molecule has 2 heterocycles. The number of aromatic amines is 1. The predicted molar refractivity (Wildman–Crippen MR) is 72.4 cm³/mol. The molecule has 1 aromatic carbocycles. The maximum Gasteiger partial charge on any atom is 0.173 e. The van der Waals surface area contributed by atoms with Gasteiger partial charge in [0, 0.05) is 17.9 Å². The minimum Gasteiger partial charge on any atom is -0.343 e. The zero-order valence-corrected chi connectivity index (χ0v) is 10.3. The summed E-state index contributed by atoms with van der Waals surface area (Å²) in [5, 5.41) is 8.29. The molecule has 0 bridgehead atoms. The summed E-state index contributed by atoms with van der Waals surface area (Å²) in [7, 11) is 0. The van der Waals surface area contributed by atoms with Crippen molar-refractivity contribution in [1.82, 2.24) is 9.97 Å². The van der Waals surface area contributed by atoms with Crippen LogP contribution in [0.15, 0.2) is 29.3 Å². The van der Waals surface area contributed by atoms with Gasteiger partial charge in [0.1, 0.15) is 5.82 Å². The van der Waals surface area contributed by atoms with Crippen LogP contribution >= 0.6 is 11.6 Å². The largest absolute Gasteiger partial charge is 0.343 e. The van der Waals surface area contributed by atoms with Crippen molar-refractivity contribution in [3.8, 4) is 0 Å². The Morgan fingerprint density at radius 1 is 1.39 bits per heavy atom.